The van der Waals surface area contributed by atoms with Gasteiger partial charge in [0.05, 0.1) is 6.54 Å². The zero-order valence-corrected chi connectivity index (χ0v) is 18.0. The van der Waals surface area contributed by atoms with Gasteiger partial charge in [0, 0.05) is 52.5 Å². The molecule has 2 heterocycles. The summed E-state index contributed by atoms with van der Waals surface area (Å²) in [6.07, 6.45) is 4.09. The molecule has 1 aliphatic carbocycles. The highest BCUT2D eigenvalue weighted by Gasteiger charge is 2.36. The minimum absolute atomic E-state index is 0. The molecule has 3 rings (SSSR count). The lowest BCUT2D eigenvalue weighted by Crippen LogP contribution is -2.57. The first kappa shape index (κ1) is 21.2. The summed E-state index contributed by atoms with van der Waals surface area (Å²) < 4.78 is 5.41. The lowest BCUT2D eigenvalue weighted by atomic mass is 10.1. The van der Waals surface area contributed by atoms with Gasteiger partial charge in [-0.2, -0.15) is 0 Å². The van der Waals surface area contributed by atoms with Crippen molar-refractivity contribution in [1.82, 2.24) is 20.0 Å². The van der Waals surface area contributed by atoms with Crippen molar-refractivity contribution < 1.29 is 14.3 Å². The highest BCUT2D eigenvalue weighted by Crippen LogP contribution is 2.28. The van der Waals surface area contributed by atoms with Gasteiger partial charge in [-0.15, -0.1) is 24.0 Å². The molecule has 0 radical (unpaired) electrons. The van der Waals surface area contributed by atoms with E-state index in [0.29, 0.717) is 18.5 Å². The molecule has 1 saturated carbocycles. The fraction of sp³-hybridized carbons (Fsp3) is 0.824. The van der Waals surface area contributed by atoms with Crippen molar-refractivity contribution in [2.75, 3.05) is 53.5 Å². The van der Waals surface area contributed by atoms with E-state index in [1.165, 1.54) is 4.90 Å². The number of nitrogens with one attached hydrogen (secondary N) is 1. The van der Waals surface area contributed by atoms with Crippen LogP contribution in [0.25, 0.3) is 0 Å². The summed E-state index contributed by atoms with van der Waals surface area (Å²) in [5, 5.41) is 3.45. The Bertz CT molecular complexity index is 532. The minimum Gasteiger partial charge on any atom is -0.381 e. The summed E-state index contributed by atoms with van der Waals surface area (Å²) in [5.74, 6) is 0.786. The molecule has 3 aliphatic rings. The summed E-state index contributed by atoms with van der Waals surface area (Å²) in [6, 6.07) is 0.729. The topological polar surface area (TPSA) is 77.5 Å². The minimum atomic E-state index is -0.0470. The molecule has 9 heteroatoms. The third-order valence-corrected chi connectivity index (χ3v) is 4.96. The second-order valence-electron chi connectivity index (χ2n) is 7.20. The van der Waals surface area contributed by atoms with Gasteiger partial charge in [-0.3, -0.25) is 9.59 Å². The molecule has 3 fully saturated rings. The van der Waals surface area contributed by atoms with Gasteiger partial charge in [0.2, 0.25) is 11.8 Å². The van der Waals surface area contributed by atoms with Crippen molar-refractivity contribution >= 4 is 41.8 Å². The van der Waals surface area contributed by atoms with Gasteiger partial charge in [0.1, 0.15) is 6.54 Å². The first-order chi connectivity index (χ1) is 12.0. The van der Waals surface area contributed by atoms with Crippen LogP contribution in [0.4, 0.5) is 0 Å². The fourth-order valence-electron chi connectivity index (χ4n) is 3.18. The molecular weight excluding hydrogens is 449 g/mol. The first-order valence-electron chi connectivity index (χ1n) is 9.18. The Morgan fingerprint density at radius 1 is 1.23 bits per heavy atom. The first-order valence-corrected chi connectivity index (χ1v) is 9.18. The van der Waals surface area contributed by atoms with E-state index in [4.69, 9.17) is 4.74 Å². The predicted molar refractivity (Wildman–Crippen MR) is 110 cm³/mol. The summed E-state index contributed by atoms with van der Waals surface area (Å²) in [4.78, 5) is 34.4. The van der Waals surface area contributed by atoms with Gasteiger partial charge in [-0.05, 0) is 25.7 Å². The standard InChI is InChI=1S/C17H29N5O3.HI/c1-20(2)15(23)11-18-17(19-13-5-9-25-10-6-13)21-7-8-22(14-3-4-14)16(24)12-21;/h13-14H,3-12H2,1-2H3,(H,18,19);1H. The number of amides is 2. The Morgan fingerprint density at radius 3 is 2.50 bits per heavy atom. The highest BCUT2D eigenvalue weighted by molar-refractivity contribution is 14.0. The third-order valence-electron chi connectivity index (χ3n) is 4.96. The molecule has 0 spiro atoms. The zero-order chi connectivity index (χ0) is 17.8. The predicted octanol–water partition coefficient (Wildman–Crippen LogP) is 0.124. The summed E-state index contributed by atoms with van der Waals surface area (Å²) >= 11 is 0. The lowest BCUT2D eigenvalue weighted by molar-refractivity contribution is -0.135. The van der Waals surface area contributed by atoms with Crippen LogP contribution in [0.15, 0.2) is 4.99 Å². The highest BCUT2D eigenvalue weighted by atomic mass is 127. The lowest BCUT2D eigenvalue weighted by Gasteiger charge is -2.37. The van der Waals surface area contributed by atoms with Crippen LogP contribution in [-0.4, -0.2) is 98.0 Å². The Kier molecular flexibility index (Phi) is 7.93. The smallest absolute Gasteiger partial charge is 0.243 e. The normalized spacial score (nSPS) is 22.1. The third kappa shape index (κ3) is 5.70. The second kappa shape index (κ2) is 9.72. The molecule has 2 amide bonds. The average molecular weight is 479 g/mol. The van der Waals surface area contributed by atoms with Crippen molar-refractivity contribution in [3.63, 3.8) is 0 Å². The van der Waals surface area contributed by atoms with Crippen molar-refractivity contribution in [2.45, 2.75) is 37.8 Å². The van der Waals surface area contributed by atoms with E-state index >= 15 is 0 Å². The molecule has 26 heavy (non-hydrogen) atoms. The molecule has 0 bridgehead atoms. The fourth-order valence-corrected chi connectivity index (χ4v) is 3.18. The van der Waals surface area contributed by atoms with Gasteiger partial charge in [-0.1, -0.05) is 0 Å². The van der Waals surface area contributed by atoms with E-state index in [1.54, 1.807) is 14.1 Å². The largest absolute Gasteiger partial charge is 0.381 e. The quantitative estimate of drug-likeness (QED) is 0.353. The molecule has 2 saturated heterocycles. The van der Waals surface area contributed by atoms with Gasteiger partial charge in [0.25, 0.3) is 0 Å². The average Bonchev–Trinajstić information content (AvgIpc) is 3.44. The van der Waals surface area contributed by atoms with Gasteiger partial charge in [0.15, 0.2) is 5.96 Å². The Labute approximate surface area is 172 Å². The second-order valence-corrected chi connectivity index (χ2v) is 7.20. The number of ether oxygens (including phenoxy) is 1. The summed E-state index contributed by atoms with van der Waals surface area (Å²) in [7, 11) is 3.45. The van der Waals surface area contributed by atoms with Crippen molar-refractivity contribution in [2.24, 2.45) is 4.99 Å². The number of piperazine rings is 1. The number of likely N-dealkylation sites (N-methyl/N-ethyl adjacent to an activating group) is 1. The van der Waals surface area contributed by atoms with Crippen LogP contribution < -0.4 is 5.32 Å². The maximum atomic E-state index is 12.4. The Hall–Kier alpha value is -1.10. The Morgan fingerprint density at radius 2 is 1.92 bits per heavy atom. The number of halogens is 1. The van der Waals surface area contributed by atoms with Crippen LogP contribution in [0.2, 0.25) is 0 Å². The maximum Gasteiger partial charge on any atom is 0.243 e. The molecule has 1 N–H and O–H groups in total. The van der Waals surface area contributed by atoms with Crippen molar-refractivity contribution in [3.8, 4) is 0 Å². The van der Waals surface area contributed by atoms with Crippen LogP contribution in [0.1, 0.15) is 25.7 Å². The maximum absolute atomic E-state index is 12.4. The summed E-state index contributed by atoms with van der Waals surface area (Å²) in [5.41, 5.74) is 0. The number of guanidine groups is 1. The molecule has 0 atom stereocenters. The van der Waals surface area contributed by atoms with E-state index in [-0.39, 0.29) is 48.4 Å². The Balaban J connectivity index is 0.00000243. The van der Waals surface area contributed by atoms with E-state index < -0.39 is 0 Å². The zero-order valence-electron chi connectivity index (χ0n) is 15.6. The number of nitrogens with zero attached hydrogens (tertiary/aromatic N) is 4. The van der Waals surface area contributed by atoms with Crippen LogP contribution in [0, 0.1) is 0 Å². The molecular formula is C17H30IN5O3. The van der Waals surface area contributed by atoms with E-state index in [0.717, 1.165) is 52.0 Å². The number of rotatable bonds is 4. The monoisotopic (exact) mass is 479 g/mol. The number of hydrogen-bond acceptors (Lipinski definition) is 4. The van der Waals surface area contributed by atoms with Gasteiger partial charge >= 0.3 is 0 Å². The van der Waals surface area contributed by atoms with Crippen LogP contribution in [0.5, 0.6) is 0 Å². The molecule has 0 aromatic heterocycles. The summed E-state index contributed by atoms with van der Waals surface area (Å²) in [6.45, 7) is 3.39. The van der Waals surface area contributed by atoms with E-state index in [1.807, 2.05) is 9.80 Å². The molecule has 8 nitrogen and oxygen atoms in total. The number of carbonyl (C=O) groups excluding carboxylic acids is 2. The molecule has 0 aromatic carbocycles. The van der Waals surface area contributed by atoms with Crippen molar-refractivity contribution in [3.05, 3.63) is 0 Å². The SMILES string of the molecule is CN(C)C(=O)CN=C(NC1CCOCC1)N1CCN(C2CC2)C(=O)C1.I. The van der Waals surface area contributed by atoms with E-state index in [9.17, 15) is 9.59 Å². The molecule has 0 aromatic rings. The number of hydrogen-bond donors (Lipinski definition) is 1. The molecule has 2 aliphatic heterocycles. The number of aliphatic imine (C=N–C) groups is 1. The number of carbonyl (C=O) groups is 2. The van der Waals surface area contributed by atoms with Crippen LogP contribution in [-0.2, 0) is 14.3 Å². The van der Waals surface area contributed by atoms with Crippen LogP contribution >= 0.6 is 24.0 Å². The van der Waals surface area contributed by atoms with Gasteiger partial charge < -0.3 is 24.8 Å². The van der Waals surface area contributed by atoms with Crippen LogP contribution in [0.3, 0.4) is 0 Å². The van der Waals surface area contributed by atoms with Gasteiger partial charge in [-0.25, -0.2) is 4.99 Å². The van der Waals surface area contributed by atoms with Crippen molar-refractivity contribution in [1.29, 1.82) is 0 Å². The van der Waals surface area contributed by atoms with E-state index in [2.05, 4.69) is 10.3 Å². The molecule has 148 valence electrons. The molecule has 0 unspecified atom stereocenters.